The Bertz CT molecular complexity index is 390. The highest BCUT2D eigenvalue weighted by Crippen LogP contribution is 2.35. The molecule has 4 heteroatoms. The predicted octanol–water partition coefficient (Wildman–Crippen LogP) is 3.13. The van der Waals surface area contributed by atoms with Crippen molar-refractivity contribution in [2.24, 2.45) is 0 Å². The average Bonchev–Trinajstić information content (AvgIpc) is 2.64. The Labute approximate surface area is 107 Å². The van der Waals surface area contributed by atoms with Crippen LogP contribution in [0.2, 0.25) is 0 Å². The van der Waals surface area contributed by atoms with E-state index in [9.17, 15) is 4.79 Å². The zero-order valence-electron chi connectivity index (χ0n) is 10.5. The summed E-state index contributed by atoms with van der Waals surface area (Å²) in [4.78, 5) is 12.3. The van der Waals surface area contributed by atoms with Crippen molar-refractivity contribution in [1.29, 1.82) is 0 Å². The van der Waals surface area contributed by atoms with E-state index in [1.165, 1.54) is 30.6 Å². The number of carbonyl (C=O) groups excluding carboxylic acids is 1. The van der Waals surface area contributed by atoms with E-state index in [0.717, 1.165) is 12.2 Å². The van der Waals surface area contributed by atoms with Gasteiger partial charge in [0.2, 0.25) is 5.91 Å². The quantitative estimate of drug-likeness (QED) is 0.845. The number of amides is 1. The molecule has 1 aliphatic carbocycles. The number of hydrogen-bond donors (Lipinski definition) is 2. The van der Waals surface area contributed by atoms with Crippen molar-refractivity contribution in [2.45, 2.75) is 51.6 Å². The summed E-state index contributed by atoms with van der Waals surface area (Å²) < 4.78 is 0. The summed E-state index contributed by atoms with van der Waals surface area (Å²) in [5.74, 6) is -0.00139. The first-order valence-corrected chi connectivity index (χ1v) is 7.12. The van der Waals surface area contributed by atoms with Crippen LogP contribution in [-0.2, 0) is 11.3 Å². The topological polar surface area (TPSA) is 41.1 Å². The van der Waals surface area contributed by atoms with Crippen molar-refractivity contribution >= 4 is 22.9 Å². The van der Waals surface area contributed by atoms with Gasteiger partial charge in [-0.15, -0.1) is 11.3 Å². The molecule has 1 amide bonds. The highest BCUT2D eigenvalue weighted by Gasteiger charge is 2.34. The van der Waals surface area contributed by atoms with Gasteiger partial charge in [0.05, 0.1) is 5.69 Å². The number of nitrogens with one attached hydrogen (secondary N) is 2. The Balaban J connectivity index is 1.94. The van der Waals surface area contributed by atoms with Gasteiger partial charge >= 0.3 is 0 Å². The van der Waals surface area contributed by atoms with Crippen LogP contribution in [0.25, 0.3) is 0 Å². The molecule has 1 aliphatic rings. The summed E-state index contributed by atoms with van der Waals surface area (Å²) in [5, 5.41) is 8.56. The molecule has 2 N–H and O–H groups in total. The molecule has 2 rings (SSSR count). The van der Waals surface area contributed by atoms with Crippen molar-refractivity contribution in [1.82, 2.24) is 5.32 Å². The van der Waals surface area contributed by atoms with Gasteiger partial charge in [0.1, 0.15) is 0 Å². The van der Waals surface area contributed by atoms with Crippen LogP contribution in [-0.4, -0.2) is 11.4 Å². The van der Waals surface area contributed by atoms with Crippen molar-refractivity contribution in [3.63, 3.8) is 0 Å². The molecule has 0 unspecified atom stereocenters. The van der Waals surface area contributed by atoms with Gasteiger partial charge in [0.15, 0.2) is 0 Å². The number of hydrogen-bond acceptors (Lipinski definition) is 3. The Kier molecular flexibility index (Phi) is 3.84. The van der Waals surface area contributed by atoms with Crippen LogP contribution in [0, 0.1) is 0 Å². The second-order valence-electron chi connectivity index (χ2n) is 4.78. The minimum Gasteiger partial charge on any atom is -0.325 e. The molecule has 94 valence electrons. The lowest BCUT2D eigenvalue weighted by Gasteiger charge is -2.42. The first-order valence-electron chi connectivity index (χ1n) is 6.24. The Morgan fingerprint density at radius 1 is 1.53 bits per heavy atom. The molecule has 3 nitrogen and oxygen atoms in total. The molecule has 1 aromatic heterocycles. The molecule has 0 aliphatic heterocycles. The number of thiophene rings is 1. The van der Waals surface area contributed by atoms with Crippen LogP contribution in [0.4, 0.5) is 5.69 Å². The molecule has 1 fully saturated rings. The number of rotatable bonds is 5. The fourth-order valence-electron chi connectivity index (χ4n) is 2.31. The third kappa shape index (κ3) is 2.87. The fraction of sp³-hybridized carbons (Fsp3) is 0.615. The average molecular weight is 252 g/mol. The van der Waals surface area contributed by atoms with E-state index in [0.29, 0.717) is 5.54 Å². The molecule has 0 radical (unpaired) electrons. The van der Waals surface area contributed by atoms with Gasteiger partial charge in [0, 0.05) is 23.9 Å². The summed E-state index contributed by atoms with van der Waals surface area (Å²) in [5.41, 5.74) is 1.32. The number of carbonyl (C=O) groups is 1. The van der Waals surface area contributed by atoms with E-state index < -0.39 is 0 Å². The molecule has 0 bridgehead atoms. The maximum atomic E-state index is 11.1. The lowest BCUT2D eigenvalue weighted by molar-refractivity contribution is -0.114. The highest BCUT2D eigenvalue weighted by molar-refractivity contribution is 7.10. The molecular weight excluding hydrogens is 232 g/mol. The molecular formula is C13H20N2OS. The smallest absolute Gasteiger partial charge is 0.221 e. The molecule has 0 aromatic carbocycles. The van der Waals surface area contributed by atoms with Crippen LogP contribution < -0.4 is 10.6 Å². The van der Waals surface area contributed by atoms with Crippen LogP contribution in [0.3, 0.4) is 0 Å². The summed E-state index contributed by atoms with van der Waals surface area (Å²) in [6, 6.07) is 1.97. The van der Waals surface area contributed by atoms with Crippen molar-refractivity contribution < 1.29 is 4.79 Å². The van der Waals surface area contributed by atoms with Gasteiger partial charge in [-0.1, -0.05) is 6.92 Å². The molecule has 0 saturated heterocycles. The monoisotopic (exact) mass is 252 g/mol. The molecule has 0 spiro atoms. The highest BCUT2D eigenvalue weighted by atomic mass is 32.1. The summed E-state index contributed by atoms with van der Waals surface area (Å²) >= 11 is 1.70. The third-order valence-electron chi connectivity index (χ3n) is 3.67. The van der Waals surface area contributed by atoms with Crippen LogP contribution in [0.15, 0.2) is 11.4 Å². The van der Waals surface area contributed by atoms with Gasteiger partial charge in [-0.2, -0.15) is 0 Å². The molecule has 17 heavy (non-hydrogen) atoms. The van der Waals surface area contributed by atoms with E-state index in [4.69, 9.17) is 0 Å². The van der Waals surface area contributed by atoms with Crippen molar-refractivity contribution in [3.8, 4) is 0 Å². The summed E-state index contributed by atoms with van der Waals surface area (Å²) in [6.45, 7) is 4.66. The molecule has 1 saturated carbocycles. The van der Waals surface area contributed by atoms with E-state index in [2.05, 4.69) is 17.6 Å². The number of anilines is 1. The zero-order chi connectivity index (χ0) is 12.3. The zero-order valence-corrected chi connectivity index (χ0v) is 11.3. The normalized spacial score (nSPS) is 17.5. The third-order valence-corrected chi connectivity index (χ3v) is 4.59. The predicted molar refractivity (Wildman–Crippen MR) is 72.3 cm³/mol. The maximum absolute atomic E-state index is 11.1. The molecule has 0 atom stereocenters. The lowest BCUT2D eigenvalue weighted by Crippen LogP contribution is -2.49. The van der Waals surface area contributed by atoms with E-state index in [1.54, 1.807) is 18.3 Å². The summed E-state index contributed by atoms with van der Waals surface area (Å²) in [7, 11) is 0. The van der Waals surface area contributed by atoms with Gasteiger partial charge in [0.25, 0.3) is 0 Å². The minimum atomic E-state index is -0.00139. The largest absolute Gasteiger partial charge is 0.325 e. The molecule has 1 aromatic rings. The van der Waals surface area contributed by atoms with E-state index >= 15 is 0 Å². The lowest BCUT2D eigenvalue weighted by atomic mass is 9.75. The summed E-state index contributed by atoms with van der Waals surface area (Å²) in [6.07, 6.45) is 5.09. The maximum Gasteiger partial charge on any atom is 0.221 e. The minimum absolute atomic E-state index is 0.00139. The van der Waals surface area contributed by atoms with Crippen molar-refractivity contribution in [2.75, 3.05) is 5.32 Å². The SMILES string of the molecule is CCC1(NCc2sccc2NC(C)=O)CCC1. The second kappa shape index (κ2) is 5.19. The molecule has 1 heterocycles. The van der Waals surface area contributed by atoms with Crippen molar-refractivity contribution in [3.05, 3.63) is 16.3 Å². The van der Waals surface area contributed by atoms with Crippen LogP contribution in [0.5, 0.6) is 0 Å². The van der Waals surface area contributed by atoms with Crippen LogP contribution >= 0.6 is 11.3 Å². The van der Waals surface area contributed by atoms with E-state index in [1.807, 2.05) is 11.4 Å². The Hall–Kier alpha value is -0.870. The van der Waals surface area contributed by atoms with Gasteiger partial charge in [-0.3, -0.25) is 4.79 Å². The van der Waals surface area contributed by atoms with Crippen LogP contribution in [0.1, 0.15) is 44.4 Å². The first-order chi connectivity index (χ1) is 8.15. The Morgan fingerprint density at radius 2 is 2.29 bits per heavy atom. The Morgan fingerprint density at radius 3 is 2.82 bits per heavy atom. The standard InChI is InChI=1S/C13H20N2OS/c1-3-13(6-4-7-13)14-9-12-11(5-8-17-12)15-10(2)16/h5,8,14H,3-4,6-7,9H2,1-2H3,(H,15,16). The fourth-order valence-corrected chi connectivity index (χ4v) is 3.08. The van der Waals surface area contributed by atoms with E-state index in [-0.39, 0.29) is 5.91 Å². The second-order valence-corrected chi connectivity index (χ2v) is 5.78. The van der Waals surface area contributed by atoms with Gasteiger partial charge in [-0.05, 0) is 37.1 Å². The van der Waals surface area contributed by atoms with Gasteiger partial charge in [-0.25, -0.2) is 0 Å². The first kappa shape index (κ1) is 12.6. The van der Waals surface area contributed by atoms with Gasteiger partial charge < -0.3 is 10.6 Å².